The Morgan fingerprint density at radius 2 is 1.85 bits per heavy atom. The van der Waals surface area contributed by atoms with Gasteiger partial charge in [0.05, 0.1) is 5.69 Å². The Kier molecular flexibility index (Phi) is 4.48. The molecule has 1 N–H and O–H groups in total. The van der Waals surface area contributed by atoms with E-state index in [0.29, 0.717) is 0 Å². The van der Waals surface area contributed by atoms with Crippen LogP contribution in [0, 0.1) is 11.6 Å². The molecule has 0 saturated carbocycles. The van der Waals surface area contributed by atoms with Crippen LogP contribution in [0.1, 0.15) is 5.56 Å². The van der Waals surface area contributed by atoms with Gasteiger partial charge < -0.3 is 5.32 Å². The maximum Gasteiger partial charge on any atom is 0.248 e. The number of amides is 1. The number of halogens is 3. The van der Waals surface area contributed by atoms with Crippen LogP contribution in [-0.2, 0) is 4.79 Å². The molecule has 20 heavy (non-hydrogen) atoms. The molecule has 0 unspecified atom stereocenters. The topological polar surface area (TPSA) is 29.1 Å². The lowest BCUT2D eigenvalue weighted by Gasteiger charge is -2.03. The molecular weight excluding hydrogens is 284 g/mol. The quantitative estimate of drug-likeness (QED) is 0.841. The third-order valence-electron chi connectivity index (χ3n) is 2.51. The van der Waals surface area contributed by atoms with Gasteiger partial charge in [0, 0.05) is 16.7 Å². The summed E-state index contributed by atoms with van der Waals surface area (Å²) in [6.07, 6.45) is 2.45. The van der Waals surface area contributed by atoms with Crippen molar-refractivity contribution in [1.29, 1.82) is 0 Å². The molecule has 0 bridgehead atoms. The van der Waals surface area contributed by atoms with E-state index >= 15 is 0 Å². The molecule has 0 aliphatic heterocycles. The van der Waals surface area contributed by atoms with E-state index in [1.807, 2.05) is 0 Å². The van der Waals surface area contributed by atoms with Gasteiger partial charge in [-0.15, -0.1) is 0 Å². The highest BCUT2D eigenvalue weighted by Gasteiger charge is 2.05. The Balaban J connectivity index is 2.08. The average molecular weight is 294 g/mol. The number of rotatable bonds is 3. The predicted molar refractivity (Wildman–Crippen MR) is 75.5 cm³/mol. The first-order chi connectivity index (χ1) is 9.56. The summed E-state index contributed by atoms with van der Waals surface area (Å²) < 4.78 is 26.8. The van der Waals surface area contributed by atoms with Crippen molar-refractivity contribution >= 4 is 29.3 Å². The summed E-state index contributed by atoms with van der Waals surface area (Å²) in [6, 6.07) is 9.93. The third-order valence-corrected chi connectivity index (χ3v) is 2.74. The molecule has 0 aliphatic rings. The normalized spacial score (nSPS) is 10.8. The Hall–Kier alpha value is -2.20. The summed E-state index contributed by atoms with van der Waals surface area (Å²) in [5.74, 6) is -1.63. The zero-order valence-electron chi connectivity index (χ0n) is 10.2. The molecule has 5 heteroatoms. The van der Waals surface area contributed by atoms with Crippen LogP contribution in [-0.4, -0.2) is 5.91 Å². The number of hydrogen-bond donors (Lipinski definition) is 1. The number of benzene rings is 2. The molecule has 0 fully saturated rings. The van der Waals surface area contributed by atoms with Crippen LogP contribution in [0.3, 0.4) is 0 Å². The SMILES string of the molecule is O=C(/C=C/c1ccccc1F)Nc1ccc(Cl)cc1F. The van der Waals surface area contributed by atoms with Crippen LogP contribution >= 0.6 is 11.6 Å². The fourth-order valence-electron chi connectivity index (χ4n) is 1.54. The zero-order chi connectivity index (χ0) is 14.5. The largest absolute Gasteiger partial charge is 0.320 e. The molecule has 1 amide bonds. The number of hydrogen-bond acceptors (Lipinski definition) is 1. The Morgan fingerprint density at radius 3 is 2.55 bits per heavy atom. The first-order valence-electron chi connectivity index (χ1n) is 5.75. The summed E-state index contributed by atoms with van der Waals surface area (Å²) in [7, 11) is 0. The maximum absolute atomic E-state index is 13.5. The number of carbonyl (C=O) groups excluding carboxylic acids is 1. The van der Waals surface area contributed by atoms with Crippen molar-refractivity contribution in [1.82, 2.24) is 0 Å². The Morgan fingerprint density at radius 1 is 1.10 bits per heavy atom. The molecule has 2 aromatic rings. The molecule has 0 heterocycles. The molecule has 2 rings (SSSR count). The molecule has 0 saturated heterocycles. The van der Waals surface area contributed by atoms with Crippen molar-refractivity contribution < 1.29 is 13.6 Å². The van der Waals surface area contributed by atoms with Crippen LogP contribution < -0.4 is 5.32 Å². The number of anilines is 1. The van der Waals surface area contributed by atoms with Crippen LogP contribution in [0.5, 0.6) is 0 Å². The van der Waals surface area contributed by atoms with E-state index in [0.717, 1.165) is 12.1 Å². The van der Waals surface area contributed by atoms with E-state index in [4.69, 9.17) is 11.6 Å². The summed E-state index contributed by atoms with van der Waals surface area (Å²) in [4.78, 5) is 11.6. The summed E-state index contributed by atoms with van der Waals surface area (Å²) >= 11 is 5.60. The van der Waals surface area contributed by atoms with Gasteiger partial charge in [-0.05, 0) is 30.3 Å². The van der Waals surface area contributed by atoms with Gasteiger partial charge in [0.25, 0.3) is 0 Å². The van der Waals surface area contributed by atoms with Crippen molar-refractivity contribution in [2.75, 3.05) is 5.32 Å². The van der Waals surface area contributed by atoms with Gasteiger partial charge in [-0.25, -0.2) is 8.78 Å². The number of nitrogens with one attached hydrogen (secondary N) is 1. The lowest BCUT2D eigenvalue weighted by molar-refractivity contribution is -0.111. The molecular formula is C15H10ClF2NO. The van der Waals surface area contributed by atoms with Crippen molar-refractivity contribution in [3.63, 3.8) is 0 Å². The summed E-state index contributed by atoms with van der Waals surface area (Å²) in [6.45, 7) is 0. The average Bonchev–Trinajstić information content (AvgIpc) is 2.41. The smallest absolute Gasteiger partial charge is 0.248 e. The van der Waals surface area contributed by atoms with Gasteiger partial charge >= 0.3 is 0 Å². The Labute approximate surface area is 119 Å². The fourth-order valence-corrected chi connectivity index (χ4v) is 1.70. The van der Waals surface area contributed by atoms with E-state index in [9.17, 15) is 13.6 Å². The van der Waals surface area contributed by atoms with Crippen LogP contribution in [0.4, 0.5) is 14.5 Å². The fraction of sp³-hybridized carbons (Fsp3) is 0. The van der Waals surface area contributed by atoms with Crippen molar-refractivity contribution in [2.45, 2.75) is 0 Å². The van der Waals surface area contributed by atoms with Gasteiger partial charge in [0.2, 0.25) is 5.91 Å². The zero-order valence-corrected chi connectivity index (χ0v) is 11.0. The molecule has 102 valence electrons. The summed E-state index contributed by atoms with van der Waals surface area (Å²) in [5, 5.41) is 2.58. The molecule has 0 spiro atoms. The molecule has 0 aromatic heterocycles. The maximum atomic E-state index is 13.5. The van der Waals surface area contributed by atoms with Crippen molar-refractivity contribution in [3.8, 4) is 0 Å². The van der Waals surface area contributed by atoms with Gasteiger partial charge in [0.15, 0.2) is 0 Å². The second-order valence-corrected chi connectivity index (χ2v) is 4.40. The Bertz CT molecular complexity index is 671. The van der Waals surface area contributed by atoms with E-state index in [2.05, 4.69) is 5.32 Å². The highest BCUT2D eigenvalue weighted by molar-refractivity contribution is 6.30. The second-order valence-electron chi connectivity index (χ2n) is 3.97. The van der Waals surface area contributed by atoms with Crippen LogP contribution in [0.15, 0.2) is 48.5 Å². The molecule has 0 aliphatic carbocycles. The number of carbonyl (C=O) groups is 1. The standard InChI is InChI=1S/C15H10ClF2NO/c16-11-6-7-14(13(18)9-11)19-15(20)8-5-10-3-1-2-4-12(10)17/h1-9H,(H,19,20)/b8-5+. The van der Waals surface area contributed by atoms with Gasteiger partial charge in [0.1, 0.15) is 11.6 Å². The first kappa shape index (κ1) is 14.2. The molecule has 0 atom stereocenters. The van der Waals surface area contributed by atoms with Gasteiger partial charge in [-0.3, -0.25) is 4.79 Å². The third kappa shape index (κ3) is 3.65. The molecule has 2 nitrogen and oxygen atoms in total. The second kappa shape index (κ2) is 6.30. The highest BCUT2D eigenvalue weighted by Crippen LogP contribution is 2.19. The minimum atomic E-state index is -0.634. The molecule has 2 aromatic carbocycles. The van der Waals surface area contributed by atoms with Gasteiger partial charge in [-0.1, -0.05) is 29.8 Å². The highest BCUT2D eigenvalue weighted by atomic mass is 35.5. The summed E-state index contributed by atoms with van der Waals surface area (Å²) in [5.41, 5.74) is 0.289. The van der Waals surface area contributed by atoms with Crippen molar-refractivity contribution in [3.05, 3.63) is 70.8 Å². The monoisotopic (exact) mass is 293 g/mol. The molecule has 0 radical (unpaired) electrons. The van der Waals surface area contributed by atoms with Crippen molar-refractivity contribution in [2.24, 2.45) is 0 Å². The minimum absolute atomic E-state index is 0.0117. The predicted octanol–water partition coefficient (Wildman–Crippen LogP) is 4.27. The van der Waals surface area contributed by atoms with E-state index in [1.54, 1.807) is 12.1 Å². The lowest BCUT2D eigenvalue weighted by atomic mass is 10.2. The van der Waals surface area contributed by atoms with Gasteiger partial charge in [-0.2, -0.15) is 0 Å². The minimum Gasteiger partial charge on any atom is -0.320 e. The van der Waals surface area contributed by atoms with Crippen LogP contribution in [0.2, 0.25) is 5.02 Å². The van der Waals surface area contributed by atoms with E-state index < -0.39 is 17.5 Å². The van der Waals surface area contributed by atoms with Crippen LogP contribution in [0.25, 0.3) is 6.08 Å². The van der Waals surface area contributed by atoms with E-state index in [-0.39, 0.29) is 16.3 Å². The van der Waals surface area contributed by atoms with E-state index in [1.165, 1.54) is 30.3 Å². The first-order valence-corrected chi connectivity index (χ1v) is 6.13. The lowest BCUT2D eigenvalue weighted by Crippen LogP contribution is -2.09.